The second-order valence-corrected chi connectivity index (χ2v) is 9.66. The van der Waals surface area contributed by atoms with Crippen molar-refractivity contribution >= 4 is 17.9 Å². The van der Waals surface area contributed by atoms with Gasteiger partial charge in [-0.15, -0.1) is 0 Å². The average Bonchev–Trinajstić information content (AvgIpc) is 3.61. The Balaban J connectivity index is 2.34. The van der Waals surface area contributed by atoms with Crippen LogP contribution in [0.1, 0.15) is 25.7 Å². The van der Waals surface area contributed by atoms with E-state index in [4.69, 9.17) is 0 Å². The Labute approximate surface area is 191 Å². The van der Waals surface area contributed by atoms with Crippen LogP contribution in [0.25, 0.3) is 0 Å². The number of nitrogens with one attached hydrogen (secondary N) is 3. The molecule has 0 aliphatic carbocycles. The molecule has 3 saturated heterocycles. The molecule has 0 amide bonds. The van der Waals surface area contributed by atoms with Gasteiger partial charge >= 0.3 is 17.9 Å². The first-order valence-electron chi connectivity index (χ1n) is 11.3. The molecule has 3 rings (SSSR count). The van der Waals surface area contributed by atoms with Crippen molar-refractivity contribution in [1.82, 2.24) is 16.0 Å². The van der Waals surface area contributed by atoms with Crippen molar-refractivity contribution in [2.75, 3.05) is 39.5 Å². The molecule has 0 bridgehead atoms. The lowest BCUT2D eigenvalue weighted by Crippen LogP contribution is -2.65. The van der Waals surface area contributed by atoms with Crippen molar-refractivity contribution in [3.8, 4) is 0 Å². The number of hydrogen-bond acceptors (Lipinski definition) is 9. The topological polar surface area (TPSA) is 238 Å². The summed E-state index contributed by atoms with van der Waals surface area (Å²) in [5, 5.41) is 70.3. The van der Waals surface area contributed by atoms with Gasteiger partial charge in [0.15, 0.2) is 0 Å². The highest BCUT2D eigenvalue weighted by atomic mass is 16.4. The van der Waals surface area contributed by atoms with Crippen molar-refractivity contribution in [2.45, 2.75) is 43.8 Å². The molecule has 188 valence electrons. The molecule has 3 aliphatic rings. The molecular formula is C21H35N3O9. The van der Waals surface area contributed by atoms with Crippen LogP contribution in [0.3, 0.4) is 0 Å². The summed E-state index contributed by atoms with van der Waals surface area (Å²) in [7, 11) is 0. The molecule has 6 unspecified atom stereocenters. The van der Waals surface area contributed by atoms with Crippen LogP contribution >= 0.6 is 0 Å². The Bertz CT molecular complexity index is 654. The molecule has 0 aromatic heterocycles. The lowest BCUT2D eigenvalue weighted by molar-refractivity contribution is -0.189. The smallest absolute Gasteiger partial charge is 0.303 e. The summed E-state index contributed by atoms with van der Waals surface area (Å²) >= 11 is 0. The number of hydrogen-bond donors (Lipinski definition) is 9. The third-order valence-corrected chi connectivity index (χ3v) is 7.92. The van der Waals surface area contributed by atoms with Gasteiger partial charge in [-0.2, -0.15) is 0 Å². The molecular weight excluding hydrogens is 438 g/mol. The third kappa shape index (κ3) is 5.15. The molecule has 0 spiro atoms. The van der Waals surface area contributed by atoms with E-state index < -0.39 is 85.6 Å². The first-order valence-corrected chi connectivity index (χ1v) is 11.3. The molecule has 3 fully saturated rings. The summed E-state index contributed by atoms with van der Waals surface area (Å²) in [6.45, 7) is -0.377. The van der Waals surface area contributed by atoms with Gasteiger partial charge in [0, 0.05) is 49.8 Å². The molecule has 33 heavy (non-hydrogen) atoms. The monoisotopic (exact) mass is 473 g/mol. The Morgan fingerprint density at radius 1 is 0.697 bits per heavy atom. The maximum absolute atomic E-state index is 12.0. The lowest BCUT2D eigenvalue weighted by atomic mass is 9.43. The number of carbonyl (C=O) groups is 3. The van der Waals surface area contributed by atoms with E-state index in [1.165, 1.54) is 0 Å². The quantitative estimate of drug-likeness (QED) is 0.0997. The zero-order chi connectivity index (χ0) is 24.4. The minimum Gasteiger partial charge on any atom is -0.481 e. The fourth-order valence-corrected chi connectivity index (χ4v) is 6.47. The third-order valence-electron chi connectivity index (χ3n) is 7.92. The number of carboxylic acids is 3. The van der Waals surface area contributed by atoms with Crippen LogP contribution < -0.4 is 16.0 Å². The highest BCUT2D eigenvalue weighted by molar-refractivity contribution is 5.70. The van der Waals surface area contributed by atoms with Gasteiger partial charge in [0.05, 0.1) is 32.5 Å². The lowest BCUT2D eigenvalue weighted by Gasteiger charge is -2.61. The summed E-state index contributed by atoms with van der Waals surface area (Å²) in [5.74, 6) is -5.74. The van der Waals surface area contributed by atoms with Gasteiger partial charge in [0.25, 0.3) is 0 Å². The van der Waals surface area contributed by atoms with E-state index in [1.54, 1.807) is 0 Å². The van der Waals surface area contributed by atoms with Gasteiger partial charge < -0.3 is 46.6 Å². The maximum Gasteiger partial charge on any atom is 0.303 e. The van der Waals surface area contributed by atoms with Crippen LogP contribution in [0.2, 0.25) is 0 Å². The summed E-state index contributed by atoms with van der Waals surface area (Å²) in [6.07, 6.45) is -1.31. The molecule has 3 heterocycles. The van der Waals surface area contributed by atoms with Gasteiger partial charge in [-0.1, -0.05) is 0 Å². The van der Waals surface area contributed by atoms with E-state index in [1.807, 2.05) is 0 Å². The predicted octanol–water partition coefficient (Wildman–Crippen LogP) is -2.49. The fraction of sp³-hybridized carbons (Fsp3) is 0.857. The van der Waals surface area contributed by atoms with E-state index in [2.05, 4.69) is 16.0 Å². The van der Waals surface area contributed by atoms with Crippen LogP contribution in [0, 0.1) is 28.6 Å². The summed E-state index contributed by atoms with van der Waals surface area (Å²) in [5.41, 5.74) is -2.94. The number of rotatable bonds is 17. The fourth-order valence-electron chi connectivity index (χ4n) is 6.47. The molecule has 12 nitrogen and oxygen atoms in total. The zero-order valence-corrected chi connectivity index (χ0v) is 18.4. The molecule has 12 heteroatoms. The maximum atomic E-state index is 12.0. The second-order valence-electron chi connectivity index (χ2n) is 9.66. The normalized spacial score (nSPS) is 28.3. The van der Waals surface area contributed by atoms with Gasteiger partial charge in [0.2, 0.25) is 0 Å². The number of aliphatic hydroxyl groups is 3. The summed E-state index contributed by atoms with van der Waals surface area (Å²) in [4.78, 5) is 36.1. The van der Waals surface area contributed by atoms with E-state index in [0.29, 0.717) is 19.6 Å². The van der Waals surface area contributed by atoms with Crippen LogP contribution in [0.5, 0.6) is 0 Å². The first-order chi connectivity index (χ1) is 15.7. The van der Waals surface area contributed by atoms with E-state index >= 15 is 0 Å². The highest BCUT2D eigenvalue weighted by Crippen LogP contribution is 2.64. The summed E-state index contributed by atoms with van der Waals surface area (Å²) in [6, 6.07) is -1.04. The number of carboxylic acid groups (broad SMARTS) is 3. The molecule has 0 aromatic rings. The standard InChI is InChI=1S/C21H35N3O9/c25-2-1-20(9-26,10-27)21(11(3-17(28)29)14-6-22-14,12(4-18(30)31)15-7-23-15)13(5-19(32)33)16-8-24-16/h11-16,22-27H,1-10H2,(H,28,29)(H,30,31)(H,32,33). The van der Waals surface area contributed by atoms with Crippen molar-refractivity contribution in [1.29, 1.82) is 0 Å². The first kappa shape index (κ1) is 25.8. The molecule has 3 aliphatic heterocycles. The summed E-state index contributed by atoms with van der Waals surface area (Å²) < 4.78 is 0. The van der Waals surface area contributed by atoms with Crippen molar-refractivity contribution in [3.05, 3.63) is 0 Å². The minimum absolute atomic E-state index is 0.130. The Kier molecular flexibility index (Phi) is 7.97. The Hall–Kier alpha value is -1.83. The number of aliphatic hydroxyl groups excluding tert-OH is 3. The van der Waals surface area contributed by atoms with Crippen LogP contribution in [0.4, 0.5) is 0 Å². The van der Waals surface area contributed by atoms with Gasteiger partial charge in [-0.05, 0) is 29.6 Å². The molecule has 0 radical (unpaired) electrons. The molecule has 0 saturated carbocycles. The van der Waals surface area contributed by atoms with Gasteiger partial charge in [-0.3, -0.25) is 14.4 Å². The zero-order valence-electron chi connectivity index (χ0n) is 18.4. The molecule has 6 atom stereocenters. The van der Waals surface area contributed by atoms with E-state index in [0.717, 1.165) is 0 Å². The van der Waals surface area contributed by atoms with Crippen molar-refractivity contribution in [3.63, 3.8) is 0 Å². The Morgan fingerprint density at radius 2 is 1.00 bits per heavy atom. The predicted molar refractivity (Wildman–Crippen MR) is 113 cm³/mol. The minimum atomic E-state index is -1.51. The molecule has 9 N–H and O–H groups in total. The van der Waals surface area contributed by atoms with Crippen LogP contribution in [0.15, 0.2) is 0 Å². The van der Waals surface area contributed by atoms with Crippen LogP contribution in [-0.4, -0.2) is 106 Å². The van der Waals surface area contributed by atoms with Crippen LogP contribution in [-0.2, 0) is 14.4 Å². The van der Waals surface area contributed by atoms with Gasteiger partial charge in [0.1, 0.15) is 0 Å². The van der Waals surface area contributed by atoms with Crippen molar-refractivity contribution < 1.29 is 45.0 Å². The Morgan fingerprint density at radius 3 is 1.18 bits per heavy atom. The van der Waals surface area contributed by atoms with Crippen molar-refractivity contribution in [2.24, 2.45) is 28.6 Å². The van der Waals surface area contributed by atoms with E-state index in [-0.39, 0.29) is 24.5 Å². The SMILES string of the molecule is O=C(O)CC(C1CN1)C(C(CC(=O)O)C1CN1)(C(CC(=O)O)C1CN1)C(CO)(CO)CCO. The van der Waals surface area contributed by atoms with Gasteiger partial charge in [-0.25, -0.2) is 0 Å². The van der Waals surface area contributed by atoms with E-state index in [9.17, 15) is 45.0 Å². The number of aliphatic carboxylic acids is 3. The highest BCUT2D eigenvalue weighted by Gasteiger charge is 2.69. The molecule has 0 aromatic carbocycles. The largest absolute Gasteiger partial charge is 0.481 e. The average molecular weight is 474 g/mol. The second kappa shape index (κ2) is 10.2.